The molecule has 5 heteroatoms. The van der Waals surface area contributed by atoms with Gasteiger partial charge in [0.05, 0.1) is 19.9 Å². The third-order valence-electron chi connectivity index (χ3n) is 2.87. The summed E-state index contributed by atoms with van der Waals surface area (Å²) in [7, 11) is 2.77. The van der Waals surface area contributed by atoms with Gasteiger partial charge in [0.2, 0.25) is 5.91 Å². The van der Waals surface area contributed by atoms with E-state index >= 15 is 0 Å². The number of methoxy groups -OCH3 is 2. The molecule has 0 aliphatic heterocycles. The van der Waals surface area contributed by atoms with Crippen LogP contribution in [0.5, 0.6) is 5.75 Å². The number of rotatable bonds is 4. The molecule has 5 nitrogen and oxygen atoms in total. The van der Waals surface area contributed by atoms with Crippen molar-refractivity contribution in [3.05, 3.63) is 23.8 Å². The molecule has 0 radical (unpaired) electrons. The number of nitrogens with one attached hydrogen (secondary N) is 1. The molecule has 0 spiro atoms. The van der Waals surface area contributed by atoms with E-state index in [1.54, 1.807) is 12.1 Å². The Bertz CT molecular complexity index is 494. The van der Waals surface area contributed by atoms with Crippen molar-refractivity contribution in [2.75, 3.05) is 19.5 Å². The number of amides is 1. The number of hydrogen-bond donors (Lipinski definition) is 1. The fraction of sp³-hybridized carbons (Fsp3) is 0.429. The zero-order valence-electron chi connectivity index (χ0n) is 11.9. The Kier molecular flexibility index (Phi) is 4.53. The minimum Gasteiger partial charge on any atom is -0.495 e. The van der Waals surface area contributed by atoms with Crippen LogP contribution in [-0.2, 0) is 14.3 Å². The molecule has 0 aliphatic rings. The van der Waals surface area contributed by atoms with Crippen molar-refractivity contribution in [1.29, 1.82) is 0 Å². The first-order valence-electron chi connectivity index (χ1n) is 5.87. The standard InChI is InChI=1S/C14H19NO4/c1-9-6-7-11(18-4)10(8-9)15-12(16)14(2,3)13(17)19-5/h6-8H,1-5H3,(H,15,16). The molecule has 0 aromatic heterocycles. The molecule has 1 N–H and O–H groups in total. The molecule has 104 valence electrons. The lowest BCUT2D eigenvalue weighted by molar-refractivity contribution is -0.154. The van der Waals surface area contributed by atoms with Gasteiger partial charge in [0, 0.05) is 0 Å². The maximum atomic E-state index is 12.1. The third kappa shape index (κ3) is 3.24. The summed E-state index contributed by atoms with van der Waals surface area (Å²) in [5.74, 6) is -0.487. The molecular weight excluding hydrogens is 246 g/mol. The molecule has 0 saturated heterocycles. The molecule has 1 aromatic rings. The van der Waals surface area contributed by atoms with Crippen LogP contribution >= 0.6 is 0 Å². The molecule has 0 unspecified atom stereocenters. The number of benzene rings is 1. The molecule has 0 aliphatic carbocycles. The van der Waals surface area contributed by atoms with Gasteiger partial charge < -0.3 is 14.8 Å². The van der Waals surface area contributed by atoms with Gasteiger partial charge in [-0.05, 0) is 38.5 Å². The number of hydrogen-bond acceptors (Lipinski definition) is 4. The molecule has 0 atom stereocenters. The monoisotopic (exact) mass is 265 g/mol. The van der Waals surface area contributed by atoms with Gasteiger partial charge in [-0.25, -0.2) is 0 Å². The SMILES string of the molecule is COC(=O)C(C)(C)C(=O)Nc1cc(C)ccc1OC. The maximum absolute atomic E-state index is 12.1. The Morgan fingerprint density at radius 3 is 2.37 bits per heavy atom. The fourth-order valence-corrected chi connectivity index (χ4v) is 1.55. The molecule has 19 heavy (non-hydrogen) atoms. The molecular formula is C14H19NO4. The maximum Gasteiger partial charge on any atom is 0.320 e. The largest absolute Gasteiger partial charge is 0.495 e. The third-order valence-corrected chi connectivity index (χ3v) is 2.87. The second kappa shape index (κ2) is 5.73. The second-order valence-corrected chi connectivity index (χ2v) is 4.77. The highest BCUT2D eigenvalue weighted by Crippen LogP contribution is 2.28. The van der Waals surface area contributed by atoms with E-state index in [1.807, 2.05) is 13.0 Å². The highest BCUT2D eigenvalue weighted by atomic mass is 16.5. The van der Waals surface area contributed by atoms with Gasteiger partial charge in [0.1, 0.15) is 11.2 Å². The second-order valence-electron chi connectivity index (χ2n) is 4.77. The predicted octanol–water partition coefficient (Wildman–Crippen LogP) is 2.14. The highest BCUT2D eigenvalue weighted by Gasteiger charge is 2.37. The summed E-state index contributed by atoms with van der Waals surface area (Å²) in [6.45, 7) is 4.92. The van der Waals surface area contributed by atoms with E-state index in [4.69, 9.17) is 4.74 Å². The molecule has 1 rings (SSSR count). The van der Waals surface area contributed by atoms with E-state index in [0.29, 0.717) is 11.4 Å². The van der Waals surface area contributed by atoms with E-state index in [-0.39, 0.29) is 0 Å². The zero-order valence-corrected chi connectivity index (χ0v) is 11.9. The summed E-state index contributed by atoms with van der Waals surface area (Å²) < 4.78 is 9.79. The van der Waals surface area contributed by atoms with E-state index in [2.05, 4.69) is 10.1 Å². The zero-order chi connectivity index (χ0) is 14.6. The van der Waals surface area contributed by atoms with Gasteiger partial charge in [0.15, 0.2) is 0 Å². The number of esters is 1. The predicted molar refractivity (Wildman–Crippen MR) is 72.2 cm³/mol. The number of ether oxygens (including phenoxy) is 2. The summed E-state index contributed by atoms with van der Waals surface area (Å²) >= 11 is 0. The van der Waals surface area contributed by atoms with E-state index in [9.17, 15) is 9.59 Å². The Balaban J connectivity index is 3.00. The van der Waals surface area contributed by atoms with Crippen LogP contribution in [-0.4, -0.2) is 26.1 Å². The first-order chi connectivity index (χ1) is 8.82. The highest BCUT2D eigenvalue weighted by molar-refractivity contribution is 6.08. The smallest absolute Gasteiger partial charge is 0.320 e. The molecule has 0 saturated carbocycles. The van der Waals surface area contributed by atoms with Crippen LogP contribution in [0.15, 0.2) is 18.2 Å². The molecule has 0 fully saturated rings. The Morgan fingerprint density at radius 2 is 1.84 bits per heavy atom. The lowest BCUT2D eigenvalue weighted by Crippen LogP contribution is -2.38. The summed E-state index contributed by atoms with van der Waals surface area (Å²) in [6, 6.07) is 5.42. The van der Waals surface area contributed by atoms with Crippen LogP contribution in [0.3, 0.4) is 0 Å². The van der Waals surface area contributed by atoms with Gasteiger partial charge in [-0.15, -0.1) is 0 Å². The van der Waals surface area contributed by atoms with Gasteiger partial charge in [-0.3, -0.25) is 9.59 Å². The lowest BCUT2D eigenvalue weighted by atomic mass is 9.92. The van der Waals surface area contributed by atoms with Gasteiger partial charge in [-0.2, -0.15) is 0 Å². The Labute approximate surface area is 112 Å². The Hall–Kier alpha value is -2.04. The normalized spacial score (nSPS) is 10.8. The quantitative estimate of drug-likeness (QED) is 0.669. The fourth-order valence-electron chi connectivity index (χ4n) is 1.55. The van der Waals surface area contributed by atoms with Gasteiger partial charge in [-0.1, -0.05) is 6.07 Å². The van der Waals surface area contributed by atoms with Crippen molar-refractivity contribution >= 4 is 17.6 Å². The van der Waals surface area contributed by atoms with Gasteiger partial charge in [0.25, 0.3) is 0 Å². The van der Waals surface area contributed by atoms with Crippen molar-refractivity contribution in [1.82, 2.24) is 0 Å². The van der Waals surface area contributed by atoms with Crippen LogP contribution in [0.2, 0.25) is 0 Å². The summed E-state index contributed by atoms with van der Waals surface area (Å²) in [5, 5.41) is 2.69. The number of carbonyl (C=O) groups excluding carboxylic acids is 2. The van der Waals surface area contributed by atoms with Crippen LogP contribution < -0.4 is 10.1 Å². The van der Waals surface area contributed by atoms with Crippen molar-refractivity contribution in [3.8, 4) is 5.75 Å². The van der Waals surface area contributed by atoms with Crippen LogP contribution in [0.1, 0.15) is 19.4 Å². The molecule has 0 bridgehead atoms. The molecule has 1 amide bonds. The van der Waals surface area contributed by atoms with Crippen LogP contribution in [0.25, 0.3) is 0 Å². The van der Waals surface area contributed by atoms with Crippen LogP contribution in [0.4, 0.5) is 5.69 Å². The first kappa shape index (κ1) is 15.0. The summed E-state index contributed by atoms with van der Waals surface area (Å²) in [4.78, 5) is 23.7. The average Bonchev–Trinajstić information content (AvgIpc) is 2.37. The number of carbonyl (C=O) groups is 2. The van der Waals surface area contributed by atoms with Crippen molar-refractivity contribution in [2.45, 2.75) is 20.8 Å². The first-order valence-corrected chi connectivity index (χ1v) is 5.87. The topological polar surface area (TPSA) is 64.6 Å². The van der Waals surface area contributed by atoms with Crippen molar-refractivity contribution in [3.63, 3.8) is 0 Å². The van der Waals surface area contributed by atoms with E-state index in [0.717, 1.165) is 5.56 Å². The number of anilines is 1. The molecule has 0 heterocycles. The summed E-state index contributed by atoms with van der Waals surface area (Å²) in [6.07, 6.45) is 0. The lowest BCUT2D eigenvalue weighted by Gasteiger charge is -2.21. The van der Waals surface area contributed by atoms with Crippen molar-refractivity contribution < 1.29 is 19.1 Å². The van der Waals surface area contributed by atoms with E-state index in [1.165, 1.54) is 28.1 Å². The minimum atomic E-state index is -1.26. The summed E-state index contributed by atoms with van der Waals surface area (Å²) in [5.41, 5.74) is 0.250. The van der Waals surface area contributed by atoms with E-state index < -0.39 is 17.3 Å². The van der Waals surface area contributed by atoms with Gasteiger partial charge >= 0.3 is 5.97 Å². The van der Waals surface area contributed by atoms with Crippen LogP contribution in [0, 0.1) is 12.3 Å². The molecule has 1 aromatic carbocycles. The van der Waals surface area contributed by atoms with Crippen molar-refractivity contribution in [2.24, 2.45) is 5.41 Å². The Morgan fingerprint density at radius 1 is 1.21 bits per heavy atom. The average molecular weight is 265 g/mol. The number of aryl methyl sites for hydroxylation is 1. The minimum absolute atomic E-state index is 0.441.